The molecule has 1 aromatic rings. The van der Waals surface area contributed by atoms with Crippen LogP contribution in [0.15, 0.2) is 18.5 Å². The van der Waals surface area contributed by atoms with E-state index in [9.17, 15) is 9.59 Å². The molecule has 1 aromatic heterocycles. The van der Waals surface area contributed by atoms with Crippen molar-refractivity contribution in [3.8, 4) is 0 Å². The highest BCUT2D eigenvalue weighted by Gasteiger charge is 2.43. The summed E-state index contributed by atoms with van der Waals surface area (Å²) < 4.78 is 1.92. The molecule has 1 aliphatic carbocycles. The zero-order valence-electron chi connectivity index (χ0n) is 14.5. The zero-order valence-corrected chi connectivity index (χ0v) is 14.5. The van der Waals surface area contributed by atoms with E-state index < -0.39 is 0 Å². The van der Waals surface area contributed by atoms with Gasteiger partial charge >= 0.3 is 0 Å². The van der Waals surface area contributed by atoms with Crippen molar-refractivity contribution in [1.82, 2.24) is 25.3 Å². The number of carbonyl (C=O) groups is 2. The van der Waals surface area contributed by atoms with Gasteiger partial charge in [-0.3, -0.25) is 19.2 Å². The molecule has 2 amide bonds. The van der Waals surface area contributed by atoms with Crippen molar-refractivity contribution >= 4 is 11.8 Å². The lowest BCUT2D eigenvalue weighted by Crippen LogP contribution is -2.58. The van der Waals surface area contributed by atoms with Crippen molar-refractivity contribution in [2.24, 2.45) is 5.41 Å². The summed E-state index contributed by atoms with van der Waals surface area (Å²) >= 11 is 0. The molecule has 132 valence electrons. The second kappa shape index (κ2) is 6.93. The van der Waals surface area contributed by atoms with Gasteiger partial charge in [-0.25, -0.2) is 0 Å². The maximum atomic E-state index is 12.4. The molecule has 0 aromatic carbocycles. The molecule has 1 saturated heterocycles. The third-order valence-corrected chi connectivity index (χ3v) is 5.09. The van der Waals surface area contributed by atoms with Crippen molar-refractivity contribution in [3.05, 3.63) is 18.5 Å². The Kier molecular flexibility index (Phi) is 4.89. The van der Waals surface area contributed by atoms with E-state index in [1.54, 1.807) is 6.20 Å². The number of nitrogens with one attached hydrogen (secondary N) is 2. The Hall–Kier alpha value is -1.89. The number of nitrogens with zero attached hydrogens (tertiary/aromatic N) is 3. The van der Waals surface area contributed by atoms with E-state index in [0.717, 1.165) is 25.9 Å². The summed E-state index contributed by atoms with van der Waals surface area (Å²) in [4.78, 5) is 26.6. The molecular weight excluding hydrogens is 306 g/mol. The van der Waals surface area contributed by atoms with Crippen molar-refractivity contribution in [2.75, 3.05) is 19.6 Å². The smallest absolute Gasteiger partial charge is 0.237 e. The van der Waals surface area contributed by atoms with Crippen molar-refractivity contribution in [3.63, 3.8) is 0 Å². The van der Waals surface area contributed by atoms with E-state index >= 15 is 0 Å². The third-order valence-electron chi connectivity index (χ3n) is 5.09. The Morgan fingerprint density at radius 3 is 2.92 bits per heavy atom. The molecule has 24 heavy (non-hydrogen) atoms. The maximum Gasteiger partial charge on any atom is 0.237 e. The van der Waals surface area contributed by atoms with Crippen LogP contribution in [-0.2, 0) is 16.1 Å². The number of amides is 2. The lowest BCUT2D eigenvalue weighted by Gasteiger charge is -2.37. The van der Waals surface area contributed by atoms with Crippen molar-refractivity contribution < 1.29 is 9.59 Å². The molecule has 0 radical (unpaired) electrons. The number of carbonyl (C=O) groups excluding carboxylic acids is 2. The quantitative estimate of drug-likeness (QED) is 0.756. The van der Waals surface area contributed by atoms with Gasteiger partial charge in [-0.2, -0.15) is 5.10 Å². The SMILES string of the molecule is CC(C)N1CCNC(=O)[C@@H]1CC(=O)NCC1(Cn2cccn2)CC1. The molecule has 0 spiro atoms. The standard InChI is InChI=1S/C17H27N5O2/c1-13(2)22-9-7-18-16(24)14(22)10-15(23)19-11-17(4-5-17)12-21-8-3-6-20-21/h3,6,8,13-14H,4-5,7,9-12H2,1-2H3,(H,18,24)(H,19,23)/t14-/m0/s1. The summed E-state index contributed by atoms with van der Waals surface area (Å²) in [5.74, 6) is -0.0859. The molecule has 2 fully saturated rings. The Bertz CT molecular complexity index is 580. The first-order chi connectivity index (χ1) is 11.5. The molecule has 0 bridgehead atoms. The van der Waals surface area contributed by atoms with Crippen LogP contribution in [0.5, 0.6) is 0 Å². The van der Waals surface area contributed by atoms with Crippen LogP contribution in [-0.4, -0.2) is 58.2 Å². The second-order valence-electron chi connectivity index (χ2n) is 7.32. The third kappa shape index (κ3) is 3.95. The lowest BCUT2D eigenvalue weighted by atomic mass is 10.0. The Labute approximate surface area is 142 Å². The molecule has 2 N–H and O–H groups in total. The van der Waals surface area contributed by atoms with Crippen LogP contribution < -0.4 is 10.6 Å². The van der Waals surface area contributed by atoms with Gasteiger partial charge in [0.15, 0.2) is 0 Å². The summed E-state index contributed by atoms with van der Waals surface area (Å²) in [5, 5.41) is 10.1. The number of rotatable bonds is 7. The van der Waals surface area contributed by atoms with Gasteiger partial charge in [-0.05, 0) is 32.8 Å². The van der Waals surface area contributed by atoms with Gasteiger partial charge in [-0.1, -0.05) is 0 Å². The number of aromatic nitrogens is 2. The fourth-order valence-electron chi connectivity index (χ4n) is 3.40. The fraction of sp³-hybridized carbons (Fsp3) is 0.706. The van der Waals surface area contributed by atoms with E-state index in [1.807, 2.05) is 16.9 Å². The molecule has 7 heteroatoms. The molecular formula is C17H27N5O2. The minimum absolute atomic E-state index is 0.0391. The number of hydrogen-bond acceptors (Lipinski definition) is 4. The van der Waals surface area contributed by atoms with Crippen LogP contribution in [0.25, 0.3) is 0 Å². The highest BCUT2D eigenvalue weighted by atomic mass is 16.2. The van der Waals surface area contributed by atoms with Crippen molar-refractivity contribution in [1.29, 1.82) is 0 Å². The first-order valence-corrected chi connectivity index (χ1v) is 8.77. The summed E-state index contributed by atoms with van der Waals surface area (Å²) in [6.45, 7) is 7.07. The van der Waals surface area contributed by atoms with Crippen LogP contribution in [0.2, 0.25) is 0 Å². The topological polar surface area (TPSA) is 79.3 Å². The predicted octanol–water partition coefficient (Wildman–Crippen LogP) is 0.378. The van der Waals surface area contributed by atoms with E-state index in [-0.39, 0.29) is 35.7 Å². The molecule has 1 atom stereocenters. The van der Waals surface area contributed by atoms with E-state index in [4.69, 9.17) is 0 Å². The average Bonchev–Trinajstić information content (AvgIpc) is 3.11. The van der Waals surface area contributed by atoms with Crippen LogP contribution in [0.1, 0.15) is 33.1 Å². The van der Waals surface area contributed by atoms with Gasteiger partial charge in [0.05, 0.1) is 12.5 Å². The molecule has 7 nitrogen and oxygen atoms in total. The van der Waals surface area contributed by atoms with Gasteiger partial charge in [0, 0.05) is 50.0 Å². The van der Waals surface area contributed by atoms with E-state index in [1.165, 1.54) is 0 Å². The summed E-state index contributed by atoms with van der Waals surface area (Å²) in [7, 11) is 0. The molecule has 1 saturated carbocycles. The monoisotopic (exact) mass is 333 g/mol. The van der Waals surface area contributed by atoms with Crippen molar-refractivity contribution in [2.45, 2.75) is 51.7 Å². The van der Waals surface area contributed by atoms with Crippen LogP contribution >= 0.6 is 0 Å². The Morgan fingerprint density at radius 1 is 1.50 bits per heavy atom. The molecule has 2 heterocycles. The van der Waals surface area contributed by atoms with Crippen LogP contribution in [0.3, 0.4) is 0 Å². The highest BCUT2D eigenvalue weighted by Crippen LogP contribution is 2.46. The largest absolute Gasteiger partial charge is 0.355 e. The van der Waals surface area contributed by atoms with Crippen LogP contribution in [0.4, 0.5) is 0 Å². The Balaban J connectivity index is 1.50. The van der Waals surface area contributed by atoms with Gasteiger partial charge in [0.1, 0.15) is 0 Å². The first-order valence-electron chi connectivity index (χ1n) is 8.77. The summed E-state index contributed by atoms with van der Waals surface area (Å²) in [6.07, 6.45) is 6.16. The van der Waals surface area contributed by atoms with Gasteiger partial charge in [-0.15, -0.1) is 0 Å². The van der Waals surface area contributed by atoms with Gasteiger partial charge in [0.25, 0.3) is 0 Å². The molecule has 3 rings (SSSR count). The summed E-state index contributed by atoms with van der Waals surface area (Å²) in [5.41, 5.74) is 0.133. The molecule has 2 aliphatic rings. The highest BCUT2D eigenvalue weighted by molar-refractivity contribution is 5.88. The summed E-state index contributed by atoms with van der Waals surface area (Å²) in [6, 6.07) is 1.81. The normalized spacial score (nSPS) is 23.1. The molecule has 0 unspecified atom stereocenters. The second-order valence-corrected chi connectivity index (χ2v) is 7.32. The Morgan fingerprint density at radius 2 is 2.29 bits per heavy atom. The zero-order chi connectivity index (χ0) is 17.2. The van der Waals surface area contributed by atoms with Gasteiger partial charge < -0.3 is 10.6 Å². The minimum atomic E-state index is -0.361. The minimum Gasteiger partial charge on any atom is -0.355 e. The fourth-order valence-corrected chi connectivity index (χ4v) is 3.40. The van der Waals surface area contributed by atoms with E-state index in [0.29, 0.717) is 13.1 Å². The number of piperazine rings is 1. The van der Waals surface area contributed by atoms with Gasteiger partial charge in [0.2, 0.25) is 11.8 Å². The van der Waals surface area contributed by atoms with Crippen LogP contribution in [0, 0.1) is 5.41 Å². The predicted molar refractivity (Wildman–Crippen MR) is 90.2 cm³/mol. The first kappa shape index (κ1) is 17.0. The van der Waals surface area contributed by atoms with E-state index in [2.05, 4.69) is 34.5 Å². The number of hydrogen-bond donors (Lipinski definition) is 2. The molecule has 1 aliphatic heterocycles. The maximum absolute atomic E-state index is 12.4. The average molecular weight is 333 g/mol. The lowest BCUT2D eigenvalue weighted by molar-refractivity contribution is -0.134.